The van der Waals surface area contributed by atoms with Crippen LogP contribution < -0.4 is 10.5 Å². The summed E-state index contributed by atoms with van der Waals surface area (Å²) in [6, 6.07) is 24.1. The van der Waals surface area contributed by atoms with E-state index in [1.807, 2.05) is 74.5 Å². The molecule has 0 unspecified atom stereocenters. The number of anilines is 1. The Morgan fingerprint density at radius 3 is 2.42 bits per heavy atom. The maximum absolute atomic E-state index is 12.4. The minimum atomic E-state index is -0.408. The first-order valence-corrected chi connectivity index (χ1v) is 10.8. The third kappa shape index (κ3) is 4.48. The summed E-state index contributed by atoms with van der Waals surface area (Å²) >= 11 is 0. The van der Waals surface area contributed by atoms with Gasteiger partial charge in [0.05, 0.1) is 18.4 Å². The van der Waals surface area contributed by atoms with Crippen molar-refractivity contribution < 1.29 is 14.3 Å². The monoisotopic (exact) mass is 440 g/mol. The van der Waals surface area contributed by atoms with Gasteiger partial charge >= 0.3 is 5.97 Å². The first-order chi connectivity index (χ1) is 15.9. The zero-order valence-corrected chi connectivity index (χ0v) is 19.4. The van der Waals surface area contributed by atoms with Gasteiger partial charge in [0.1, 0.15) is 12.4 Å². The number of aryl methyl sites for hydroxylation is 2. The van der Waals surface area contributed by atoms with E-state index in [1.165, 1.54) is 7.11 Å². The van der Waals surface area contributed by atoms with Crippen molar-refractivity contribution in [3.63, 3.8) is 0 Å². The fraction of sp³-hybridized carbons (Fsp3) is 0.179. The van der Waals surface area contributed by atoms with E-state index in [1.54, 1.807) is 0 Å². The first-order valence-electron chi connectivity index (χ1n) is 10.8. The number of benzene rings is 3. The van der Waals surface area contributed by atoms with Gasteiger partial charge in [-0.15, -0.1) is 0 Å². The smallest absolute Gasteiger partial charge is 0.338 e. The Hall–Kier alpha value is -3.99. The number of esters is 1. The molecule has 0 fully saturated rings. The van der Waals surface area contributed by atoms with Crippen molar-refractivity contribution >= 4 is 11.7 Å². The number of rotatable bonds is 6. The second-order valence-corrected chi connectivity index (χ2v) is 8.17. The Morgan fingerprint density at radius 2 is 1.70 bits per heavy atom. The number of nitrogens with two attached hydrogens (primary N) is 1. The SMILES string of the molecule is COC(=O)c1cc(-n2c(C)ccc2-c2cc(C)ccc2OCc2ccccc2)cc(N)c1C. The van der Waals surface area contributed by atoms with Crippen molar-refractivity contribution in [1.82, 2.24) is 4.57 Å². The van der Waals surface area contributed by atoms with Crippen molar-refractivity contribution in [1.29, 1.82) is 0 Å². The number of methoxy groups -OCH3 is 1. The molecule has 0 saturated heterocycles. The molecule has 0 saturated carbocycles. The van der Waals surface area contributed by atoms with Gasteiger partial charge in [-0.2, -0.15) is 0 Å². The number of ether oxygens (including phenoxy) is 2. The van der Waals surface area contributed by atoms with Crippen LogP contribution >= 0.6 is 0 Å². The van der Waals surface area contributed by atoms with Crippen LogP contribution in [0, 0.1) is 20.8 Å². The highest BCUT2D eigenvalue weighted by atomic mass is 16.5. The average molecular weight is 441 g/mol. The molecule has 5 heteroatoms. The summed E-state index contributed by atoms with van der Waals surface area (Å²) in [5, 5.41) is 0. The van der Waals surface area contributed by atoms with Crippen LogP contribution in [0.4, 0.5) is 5.69 Å². The van der Waals surface area contributed by atoms with E-state index < -0.39 is 5.97 Å². The molecule has 0 radical (unpaired) electrons. The lowest BCUT2D eigenvalue weighted by Crippen LogP contribution is -2.09. The van der Waals surface area contributed by atoms with E-state index in [-0.39, 0.29) is 0 Å². The largest absolute Gasteiger partial charge is 0.488 e. The van der Waals surface area contributed by atoms with Gasteiger partial charge in [0.2, 0.25) is 0 Å². The molecule has 0 aliphatic heterocycles. The minimum Gasteiger partial charge on any atom is -0.488 e. The number of nitrogens with zero attached hydrogens (tertiary/aromatic N) is 1. The fourth-order valence-corrected chi connectivity index (χ4v) is 3.97. The third-order valence-electron chi connectivity index (χ3n) is 5.82. The van der Waals surface area contributed by atoms with Crippen molar-refractivity contribution in [2.75, 3.05) is 12.8 Å². The van der Waals surface area contributed by atoms with Crippen LogP contribution in [0.15, 0.2) is 72.8 Å². The second kappa shape index (κ2) is 9.25. The molecule has 3 aromatic carbocycles. The number of hydrogen-bond acceptors (Lipinski definition) is 4. The molecule has 33 heavy (non-hydrogen) atoms. The predicted molar refractivity (Wildman–Crippen MR) is 132 cm³/mol. The molecular formula is C28H28N2O3. The third-order valence-corrected chi connectivity index (χ3v) is 5.82. The summed E-state index contributed by atoms with van der Waals surface area (Å²) in [6.45, 7) is 6.38. The maximum Gasteiger partial charge on any atom is 0.338 e. The Bertz CT molecular complexity index is 1310. The number of carbonyl (C=O) groups excluding carboxylic acids is 1. The maximum atomic E-state index is 12.4. The highest BCUT2D eigenvalue weighted by molar-refractivity contribution is 5.93. The van der Waals surface area contributed by atoms with Crippen LogP contribution in [0.2, 0.25) is 0 Å². The van der Waals surface area contributed by atoms with Crippen LogP contribution in [0.1, 0.15) is 32.7 Å². The lowest BCUT2D eigenvalue weighted by atomic mass is 10.0. The zero-order chi connectivity index (χ0) is 23.5. The van der Waals surface area contributed by atoms with Crippen LogP contribution in [-0.4, -0.2) is 17.6 Å². The Morgan fingerprint density at radius 1 is 0.939 bits per heavy atom. The van der Waals surface area contributed by atoms with E-state index in [0.29, 0.717) is 23.4 Å². The predicted octanol–water partition coefficient (Wildman–Crippen LogP) is 6.02. The highest BCUT2D eigenvalue weighted by Gasteiger charge is 2.18. The van der Waals surface area contributed by atoms with Gasteiger partial charge in [-0.1, -0.05) is 42.0 Å². The van der Waals surface area contributed by atoms with E-state index >= 15 is 0 Å². The van der Waals surface area contributed by atoms with Crippen LogP contribution in [-0.2, 0) is 11.3 Å². The molecule has 5 nitrogen and oxygen atoms in total. The molecule has 1 aromatic heterocycles. The molecule has 1 heterocycles. The Labute approximate surface area is 194 Å². The summed E-state index contributed by atoms with van der Waals surface area (Å²) in [4.78, 5) is 12.4. The Balaban J connectivity index is 1.82. The molecular weight excluding hydrogens is 412 g/mol. The summed E-state index contributed by atoms with van der Waals surface area (Å²) in [6.07, 6.45) is 0. The van der Waals surface area contributed by atoms with E-state index in [9.17, 15) is 4.79 Å². The first kappa shape index (κ1) is 22.2. The highest BCUT2D eigenvalue weighted by Crippen LogP contribution is 2.36. The van der Waals surface area contributed by atoms with Gasteiger partial charge in [0.25, 0.3) is 0 Å². The van der Waals surface area contributed by atoms with E-state index in [2.05, 4.69) is 23.6 Å². The van der Waals surface area contributed by atoms with Crippen molar-refractivity contribution in [2.45, 2.75) is 27.4 Å². The molecule has 0 aliphatic carbocycles. The molecule has 2 N–H and O–H groups in total. The van der Waals surface area contributed by atoms with Gasteiger partial charge in [-0.05, 0) is 68.3 Å². The van der Waals surface area contributed by atoms with Crippen LogP contribution in [0.3, 0.4) is 0 Å². The standard InChI is InChI=1S/C28H28N2O3/c1-18-10-13-27(33-17-21-8-6-5-7-9-21)24(14-18)26-12-11-19(2)30(26)22-15-23(28(31)32-4)20(3)25(29)16-22/h5-16H,17,29H2,1-4H3. The summed E-state index contributed by atoms with van der Waals surface area (Å²) < 4.78 is 13.3. The Kier molecular flexibility index (Phi) is 6.22. The van der Waals surface area contributed by atoms with Gasteiger partial charge in [0, 0.05) is 22.6 Å². The second-order valence-electron chi connectivity index (χ2n) is 8.17. The molecule has 168 valence electrons. The van der Waals surface area contributed by atoms with Gasteiger partial charge in [-0.3, -0.25) is 0 Å². The number of aromatic nitrogens is 1. The number of carbonyl (C=O) groups is 1. The molecule has 0 amide bonds. The minimum absolute atomic E-state index is 0.408. The average Bonchev–Trinajstić information content (AvgIpc) is 3.21. The molecule has 0 spiro atoms. The van der Waals surface area contributed by atoms with Gasteiger partial charge in [-0.25, -0.2) is 4.79 Å². The lowest BCUT2D eigenvalue weighted by molar-refractivity contribution is 0.0600. The summed E-state index contributed by atoms with van der Waals surface area (Å²) in [5.74, 6) is 0.381. The van der Waals surface area contributed by atoms with Crippen molar-refractivity contribution in [2.24, 2.45) is 0 Å². The quantitative estimate of drug-likeness (QED) is 0.294. The van der Waals surface area contributed by atoms with Crippen LogP contribution in [0.5, 0.6) is 5.75 Å². The number of hydrogen-bond donors (Lipinski definition) is 1. The normalized spacial score (nSPS) is 10.8. The van der Waals surface area contributed by atoms with Gasteiger partial charge < -0.3 is 19.8 Å². The van der Waals surface area contributed by atoms with Crippen LogP contribution in [0.25, 0.3) is 16.9 Å². The van der Waals surface area contributed by atoms with Gasteiger partial charge in [0.15, 0.2) is 0 Å². The van der Waals surface area contributed by atoms with Crippen molar-refractivity contribution in [3.8, 4) is 22.7 Å². The fourth-order valence-electron chi connectivity index (χ4n) is 3.97. The summed E-state index contributed by atoms with van der Waals surface area (Å²) in [5.41, 5.74) is 13.9. The molecule has 0 atom stereocenters. The van der Waals surface area contributed by atoms with E-state index in [0.717, 1.165) is 39.5 Å². The lowest BCUT2D eigenvalue weighted by Gasteiger charge is -2.18. The van der Waals surface area contributed by atoms with Crippen molar-refractivity contribution in [3.05, 3.63) is 101 Å². The molecule has 4 aromatic rings. The molecule has 0 aliphatic rings. The topological polar surface area (TPSA) is 66.5 Å². The summed E-state index contributed by atoms with van der Waals surface area (Å²) in [7, 11) is 1.38. The zero-order valence-electron chi connectivity index (χ0n) is 19.4. The number of nitrogen functional groups attached to an aromatic ring is 1. The molecule has 0 bridgehead atoms. The molecule has 4 rings (SSSR count). The van der Waals surface area contributed by atoms with E-state index in [4.69, 9.17) is 15.2 Å².